The summed E-state index contributed by atoms with van der Waals surface area (Å²) in [5.74, 6) is -0.0786. The molecule has 0 aromatic heterocycles. The molecule has 2 saturated heterocycles. The molecule has 3 rings (SSSR count). The quantitative estimate of drug-likeness (QED) is 0.857. The topological polar surface area (TPSA) is 50.8 Å². The minimum absolute atomic E-state index is 0.000147. The van der Waals surface area contributed by atoms with Gasteiger partial charge in [-0.1, -0.05) is 12.1 Å². The summed E-state index contributed by atoms with van der Waals surface area (Å²) in [7, 11) is 0. The maximum atomic E-state index is 13.5. The van der Waals surface area contributed by atoms with Crippen LogP contribution >= 0.6 is 0 Å². The van der Waals surface area contributed by atoms with Crippen molar-refractivity contribution in [1.29, 1.82) is 0 Å². The molecular weight excluding hydrogens is 287 g/mol. The number of nitrogens with zero attached hydrogens (tertiary/aromatic N) is 1. The highest BCUT2D eigenvalue weighted by atomic mass is 19.1. The summed E-state index contributed by atoms with van der Waals surface area (Å²) < 4.78 is 24.5. The van der Waals surface area contributed by atoms with E-state index in [0.717, 1.165) is 19.4 Å². The van der Waals surface area contributed by atoms with Gasteiger partial charge in [0.1, 0.15) is 6.10 Å². The van der Waals surface area contributed by atoms with E-state index < -0.39 is 0 Å². The molecule has 0 unspecified atom stereocenters. The number of likely N-dealkylation sites (tertiary alicyclic amines) is 1. The Kier molecular flexibility index (Phi) is 4.90. The predicted molar refractivity (Wildman–Crippen MR) is 79.2 cm³/mol. The molecule has 1 aromatic rings. The van der Waals surface area contributed by atoms with Gasteiger partial charge in [-0.2, -0.15) is 0 Å². The molecule has 22 heavy (non-hydrogen) atoms. The first-order valence-electron chi connectivity index (χ1n) is 7.72. The predicted octanol–water partition coefficient (Wildman–Crippen LogP) is 1.18. The zero-order valence-corrected chi connectivity index (χ0v) is 12.5. The van der Waals surface area contributed by atoms with Gasteiger partial charge < -0.3 is 14.8 Å². The zero-order valence-electron chi connectivity index (χ0n) is 12.5. The van der Waals surface area contributed by atoms with Crippen LogP contribution in [-0.4, -0.2) is 55.8 Å². The molecule has 0 bridgehead atoms. The van der Waals surface area contributed by atoms with E-state index >= 15 is 0 Å². The molecule has 1 N–H and O–H groups in total. The van der Waals surface area contributed by atoms with Gasteiger partial charge >= 0.3 is 0 Å². The number of para-hydroxylation sites is 1. The molecule has 0 spiro atoms. The number of halogens is 1. The third-order valence-corrected chi connectivity index (χ3v) is 3.97. The van der Waals surface area contributed by atoms with Crippen molar-refractivity contribution >= 4 is 5.91 Å². The lowest BCUT2D eigenvalue weighted by Gasteiger charge is -2.38. The van der Waals surface area contributed by atoms with Gasteiger partial charge in [0.05, 0.1) is 12.6 Å². The summed E-state index contributed by atoms with van der Waals surface area (Å²) in [6.07, 6.45) is 2.20. The Morgan fingerprint density at radius 2 is 2.23 bits per heavy atom. The number of carbonyl (C=O) groups is 1. The van der Waals surface area contributed by atoms with Crippen molar-refractivity contribution in [3.8, 4) is 5.75 Å². The monoisotopic (exact) mass is 308 g/mol. The van der Waals surface area contributed by atoms with Gasteiger partial charge in [-0.25, -0.2) is 4.39 Å². The molecule has 2 heterocycles. The van der Waals surface area contributed by atoms with Crippen molar-refractivity contribution in [3.63, 3.8) is 0 Å². The lowest BCUT2D eigenvalue weighted by atomic mass is 10.1. The minimum atomic E-state index is -0.352. The van der Waals surface area contributed by atoms with Gasteiger partial charge in [-0.3, -0.25) is 9.69 Å². The highest BCUT2D eigenvalue weighted by molar-refractivity contribution is 5.78. The maximum absolute atomic E-state index is 13.5. The number of benzene rings is 1. The summed E-state index contributed by atoms with van der Waals surface area (Å²) >= 11 is 0. The van der Waals surface area contributed by atoms with E-state index in [-0.39, 0.29) is 29.7 Å². The first-order valence-corrected chi connectivity index (χ1v) is 7.72. The molecule has 0 aliphatic carbocycles. The molecule has 0 saturated carbocycles. The van der Waals surface area contributed by atoms with Gasteiger partial charge in [0.2, 0.25) is 5.91 Å². The van der Waals surface area contributed by atoms with Crippen molar-refractivity contribution in [3.05, 3.63) is 30.1 Å². The minimum Gasteiger partial charge on any atom is -0.485 e. The Balaban J connectivity index is 1.33. The second kappa shape index (κ2) is 7.07. The van der Waals surface area contributed by atoms with Crippen LogP contribution in [0.3, 0.4) is 0 Å². The van der Waals surface area contributed by atoms with Crippen molar-refractivity contribution < 1.29 is 18.7 Å². The van der Waals surface area contributed by atoms with E-state index in [2.05, 4.69) is 5.32 Å². The van der Waals surface area contributed by atoms with Crippen molar-refractivity contribution in [2.75, 3.05) is 32.8 Å². The van der Waals surface area contributed by atoms with Crippen LogP contribution in [0, 0.1) is 5.82 Å². The van der Waals surface area contributed by atoms with E-state index in [0.29, 0.717) is 26.2 Å². The Morgan fingerprint density at radius 1 is 1.41 bits per heavy atom. The molecule has 1 atom stereocenters. The number of hydrogen-bond donors (Lipinski definition) is 1. The number of ether oxygens (including phenoxy) is 2. The Bertz CT molecular complexity index is 514. The van der Waals surface area contributed by atoms with Crippen molar-refractivity contribution in [2.45, 2.75) is 25.0 Å². The van der Waals surface area contributed by atoms with Crippen LogP contribution in [0.4, 0.5) is 4.39 Å². The van der Waals surface area contributed by atoms with Crippen LogP contribution in [-0.2, 0) is 9.53 Å². The van der Waals surface area contributed by atoms with Crippen LogP contribution in [0.1, 0.15) is 12.8 Å². The number of nitrogens with one attached hydrogen (secondary N) is 1. The molecule has 2 aliphatic heterocycles. The summed E-state index contributed by atoms with van der Waals surface area (Å²) in [5, 5.41) is 2.89. The Morgan fingerprint density at radius 3 is 2.95 bits per heavy atom. The SMILES string of the molecule is O=C(CN1CC(Oc2ccccc2F)C1)NC[C@@H]1CCCO1. The van der Waals surface area contributed by atoms with Crippen molar-refractivity contribution in [1.82, 2.24) is 10.2 Å². The van der Waals surface area contributed by atoms with Crippen molar-refractivity contribution in [2.24, 2.45) is 0 Å². The second-order valence-electron chi connectivity index (χ2n) is 5.80. The molecular formula is C16H21FN2O3. The fourth-order valence-electron chi connectivity index (χ4n) is 2.74. The molecule has 1 aromatic carbocycles. The largest absolute Gasteiger partial charge is 0.485 e. The molecule has 2 fully saturated rings. The lowest BCUT2D eigenvalue weighted by Crippen LogP contribution is -2.56. The van der Waals surface area contributed by atoms with Crippen LogP contribution < -0.4 is 10.1 Å². The number of hydrogen-bond acceptors (Lipinski definition) is 4. The number of rotatable bonds is 6. The Labute approximate surface area is 129 Å². The van der Waals surface area contributed by atoms with Crippen LogP contribution in [0.15, 0.2) is 24.3 Å². The first-order chi connectivity index (χ1) is 10.7. The third kappa shape index (κ3) is 3.96. The average Bonchev–Trinajstić information content (AvgIpc) is 2.98. The van der Waals surface area contributed by atoms with Gasteiger partial charge in [-0.05, 0) is 25.0 Å². The summed E-state index contributed by atoms with van der Waals surface area (Å²) in [6, 6.07) is 6.37. The second-order valence-corrected chi connectivity index (χ2v) is 5.80. The lowest BCUT2D eigenvalue weighted by molar-refractivity contribution is -0.125. The van der Waals surface area contributed by atoms with E-state index in [4.69, 9.17) is 9.47 Å². The van der Waals surface area contributed by atoms with Crippen LogP contribution in [0.5, 0.6) is 5.75 Å². The summed E-state index contributed by atoms with van der Waals surface area (Å²) in [6.45, 7) is 3.01. The Hall–Kier alpha value is -1.66. The molecule has 5 nitrogen and oxygen atoms in total. The molecule has 6 heteroatoms. The van der Waals surface area contributed by atoms with E-state index in [1.165, 1.54) is 6.07 Å². The van der Waals surface area contributed by atoms with Gasteiger partial charge in [0, 0.05) is 26.2 Å². The number of amides is 1. The smallest absolute Gasteiger partial charge is 0.234 e. The molecule has 1 amide bonds. The average molecular weight is 308 g/mol. The third-order valence-electron chi connectivity index (χ3n) is 3.97. The standard InChI is InChI=1S/C16H21FN2O3/c17-14-5-1-2-6-15(14)22-13-9-19(10-13)11-16(20)18-8-12-4-3-7-21-12/h1-2,5-6,12-13H,3-4,7-11H2,(H,18,20)/t12-/m0/s1. The maximum Gasteiger partial charge on any atom is 0.234 e. The van der Waals surface area contributed by atoms with E-state index in [9.17, 15) is 9.18 Å². The first kappa shape index (κ1) is 15.2. The highest BCUT2D eigenvalue weighted by Gasteiger charge is 2.30. The van der Waals surface area contributed by atoms with Gasteiger partial charge in [-0.15, -0.1) is 0 Å². The van der Waals surface area contributed by atoms with Crippen LogP contribution in [0.2, 0.25) is 0 Å². The molecule has 2 aliphatic rings. The molecule has 0 radical (unpaired) electrons. The van der Waals surface area contributed by atoms with Gasteiger partial charge in [0.15, 0.2) is 11.6 Å². The fourth-order valence-corrected chi connectivity index (χ4v) is 2.74. The zero-order chi connectivity index (χ0) is 15.4. The highest BCUT2D eigenvalue weighted by Crippen LogP contribution is 2.20. The number of carbonyl (C=O) groups excluding carboxylic acids is 1. The van der Waals surface area contributed by atoms with E-state index in [1.54, 1.807) is 18.2 Å². The molecule has 120 valence electrons. The summed E-state index contributed by atoms with van der Waals surface area (Å²) in [5.41, 5.74) is 0. The summed E-state index contributed by atoms with van der Waals surface area (Å²) in [4.78, 5) is 13.8. The van der Waals surface area contributed by atoms with E-state index in [1.807, 2.05) is 4.90 Å². The fraction of sp³-hybridized carbons (Fsp3) is 0.562. The van der Waals surface area contributed by atoms with Crippen LogP contribution in [0.25, 0.3) is 0 Å². The normalized spacial score (nSPS) is 22.3. The van der Waals surface area contributed by atoms with Gasteiger partial charge in [0.25, 0.3) is 0 Å².